The molecule has 0 saturated heterocycles. The lowest BCUT2D eigenvalue weighted by atomic mass is 10.0. The largest absolute Gasteiger partial charge is 0.494 e. The van der Waals surface area contributed by atoms with Crippen LogP contribution in [-0.2, 0) is 0 Å². The van der Waals surface area contributed by atoms with Gasteiger partial charge in [-0.3, -0.25) is 4.79 Å². The van der Waals surface area contributed by atoms with Crippen LogP contribution in [0.25, 0.3) is 6.08 Å². The maximum atomic E-state index is 12.8. The number of rotatable bonds is 33. The molecular formula is C45H72O3. The quantitative estimate of drug-likeness (QED) is 0.0434. The van der Waals surface area contributed by atoms with E-state index in [0.29, 0.717) is 12.2 Å². The first kappa shape index (κ1) is 41.6. The van der Waals surface area contributed by atoms with Crippen LogP contribution in [0, 0.1) is 0 Å². The van der Waals surface area contributed by atoms with Gasteiger partial charge in [0, 0.05) is 5.56 Å². The molecule has 0 atom stereocenters. The van der Waals surface area contributed by atoms with E-state index in [1.54, 1.807) is 6.08 Å². The van der Waals surface area contributed by atoms with Crippen LogP contribution < -0.4 is 9.47 Å². The molecule has 0 saturated carbocycles. The van der Waals surface area contributed by atoms with Gasteiger partial charge in [-0.1, -0.05) is 198 Å². The molecule has 2 rings (SSSR count). The molecule has 0 bridgehead atoms. The van der Waals surface area contributed by atoms with E-state index in [1.807, 2.05) is 54.6 Å². The molecule has 2 aromatic rings. The van der Waals surface area contributed by atoms with Crippen LogP contribution in [0.4, 0.5) is 0 Å². The van der Waals surface area contributed by atoms with E-state index in [0.717, 1.165) is 36.5 Å². The molecule has 0 aliphatic rings. The first-order chi connectivity index (χ1) is 23.7. The van der Waals surface area contributed by atoms with Crippen LogP contribution in [0.2, 0.25) is 0 Å². The van der Waals surface area contributed by atoms with Crippen LogP contribution >= 0.6 is 0 Å². The zero-order valence-corrected chi connectivity index (χ0v) is 31.3. The number of ether oxygens (including phenoxy) is 2. The molecule has 3 nitrogen and oxygen atoms in total. The lowest BCUT2D eigenvalue weighted by Gasteiger charge is -2.07. The normalized spacial score (nSPS) is 11.4. The summed E-state index contributed by atoms with van der Waals surface area (Å²) >= 11 is 0. The third-order valence-corrected chi connectivity index (χ3v) is 9.46. The second kappa shape index (κ2) is 30.5. The van der Waals surface area contributed by atoms with E-state index < -0.39 is 0 Å². The Morgan fingerprint density at radius 3 is 1.31 bits per heavy atom. The van der Waals surface area contributed by atoms with Crippen molar-refractivity contribution in [3.63, 3.8) is 0 Å². The fourth-order valence-electron chi connectivity index (χ4n) is 6.30. The van der Waals surface area contributed by atoms with Crippen molar-refractivity contribution in [1.82, 2.24) is 0 Å². The molecule has 3 heteroatoms. The maximum Gasteiger partial charge on any atom is 0.185 e. The van der Waals surface area contributed by atoms with E-state index >= 15 is 0 Å². The summed E-state index contributed by atoms with van der Waals surface area (Å²) in [5.74, 6) is 1.66. The van der Waals surface area contributed by atoms with Crippen LogP contribution in [0.15, 0.2) is 54.6 Å². The average Bonchev–Trinajstić information content (AvgIpc) is 3.11. The highest BCUT2D eigenvalue weighted by Crippen LogP contribution is 2.19. The van der Waals surface area contributed by atoms with Crippen molar-refractivity contribution in [2.75, 3.05) is 13.2 Å². The van der Waals surface area contributed by atoms with Gasteiger partial charge in [0.1, 0.15) is 11.5 Å². The Morgan fingerprint density at radius 2 is 0.875 bits per heavy atom. The number of unbranched alkanes of at least 4 members (excludes halogenated alkanes) is 24. The Labute approximate surface area is 296 Å². The summed E-state index contributed by atoms with van der Waals surface area (Å²) in [6.45, 7) is 6.04. The fraction of sp³-hybridized carbons (Fsp3) is 0.667. The zero-order valence-electron chi connectivity index (χ0n) is 31.3. The Hall–Kier alpha value is -2.55. The average molecular weight is 661 g/mol. The van der Waals surface area contributed by atoms with E-state index in [2.05, 4.69) is 13.8 Å². The number of benzene rings is 2. The number of allylic oxidation sites excluding steroid dienone is 1. The van der Waals surface area contributed by atoms with Gasteiger partial charge in [-0.15, -0.1) is 0 Å². The number of ketones is 1. The van der Waals surface area contributed by atoms with Gasteiger partial charge in [0.25, 0.3) is 0 Å². The monoisotopic (exact) mass is 661 g/mol. The molecule has 48 heavy (non-hydrogen) atoms. The third-order valence-electron chi connectivity index (χ3n) is 9.46. The highest BCUT2D eigenvalue weighted by molar-refractivity contribution is 6.07. The highest BCUT2D eigenvalue weighted by atomic mass is 16.5. The second-order valence-corrected chi connectivity index (χ2v) is 14.0. The molecule has 0 fully saturated rings. The van der Waals surface area contributed by atoms with Crippen molar-refractivity contribution < 1.29 is 14.3 Å². The van der Waals surface area contributed by atoms with Crippen molar-refractivity contribution in [1.29, 1.82) is 0 Å². The highest BCUT2D eigenvalue weighted by Gasteiger charge is 2.04. The lowest BCUT2D eigenvalue weighted by Crippen LogP contribution is -2.00. The Balaban J connectivity index is 1.49. The lowest BCUT2D eigenvalue weighted by molar-refractivity contribution is 0.104. The predicted molar refractivity (Wildman–Crippen MR) is 209 cm³/mol. The minimum absolute atomic E-state index is 0.0101. The number of hydrogen-bond acceptors (Lipinski definition) is 3. The Kier molecular flexibility index (Phi) is 26.4. The summed E-state index contributed by atoms with van der Waals surface area (Å²) in [5, 5.41) is 0. The van der Waals surface area contributed by atoms with Crippen molar-refractivity contribution >= 4 is 11.9 Å². The molecule has 0 radical (unpaired) electrons. The summed E-state index contributed by atoms with van der Waals surface area (Å²) in [6.07, 6.45) is 38.7. The molecule has 0 spiro atoms. The van der Waals surface area contributed by atoms with Gasteiger partial charge in [-0.25, -0.2) is 0 Å². The van der Waals surface area contributed by atoms with E-state index in [9.17, 15) is 4.79 Å². The minimum atomic E-state index is -0.0101. The molecule has 270 valence electrons. The molecular weight excluding hydrogens is 588 g/mol. The van der Waals surface area contributed by atoms with Crippen LogP contribution in [0.5, 0.6) is 11.5 Å². The summed E-state index contributed by atoms with van der Waals surface area (Å²) in [7, 11) is 0. The number of carbonyl (C=O) groups is 1. The molecule has 0 aliphatic carbocycles. The van der Waals surface area contributed by atoms with Gasteiger partial charge in [0.15, 0.2) is 5.78 Å². The first-order valence-electron chi connectivity index (χ1n) is 20.4. The standard InChI is InChI=1S/C45H72O3/c1-3-5-7-9-11-13-15-16-17-18-19-20-22-24-26-28-39-48-44-31-29-30-42(40-44)45(46)37-34-41-32-35-43(36-33-41)47-38-27-25-23-21-14-12-10-8-6-4-2/h29-37,40H,3-28,38-39H2,1-2H3/b37-34+. The van der Waals surface area contributed by atoms with Gasteiger partial charge < -0.3 is 9.47 Å². The van der Waals surface area contributed by atoms with Gasteiger partial charge in [-0.05, 0) is 48.7 Å². The Morgan fingerprint density at radius 1 is 0.479 bits per heavy atom. The molecule has 0 heterocycles. The van der Waals surface area contributed by atoms with Crippen LogP contribution in [0.1, 0.15) is 197 Å². The molecule has 0 unspecified atom stereocenters. The topological polar surface area (TPSA) is 35.5 Å². The molecule has 2 aromatic carbocycles. The molecule has 0 N–H and O–H groups in total. The first-order valence-corrected chi connectivity index (χ1v) is 20.4. The third kappa shape index (κ3) is 22.9. The van der Waals surface area contributed by atoms with E-state index in [4.69, 9.17) is 9.47 Å². The summed E-state index contributed by atoms with van der Waals surface area (Å²) in [6, 6.07) is 15.6. The maximum absolute atomic E-state index is 12.8. The predicted octanol–water partition coefficient (Wildman–Crippen LogP) is 14.5. The zero-order chi connectivity index (χ0) is 34.2. The van der Waals surface area contributed by atoms with Crippen molar-refractivity contribution in [3.8, 4) is 11.5 Å². The second-order valence-electron chi connectivity index (χ2n) is 14.0. The molecule has 0 aliphatic heterocycles. The molecule has 0 amide bonds. The van der Waals surface area contributed by atoms with Crippen molar-refractivity contribution in [2.24, 2.45) is 0 Å². The van der Waals surface area contributed by atoms with Crippen molar-refractivity contribution in [3.05, 3.63) is 65.7 Å². The van der Waals surface area contributed by atoms with Crippen LogP contribution in [0.3, 0.4) is 0 Å². The number of hydrogen-bond donors (Lipinski definition) is 0. The van der Waals surface area contributed by atoms with Crippen LogP contribution in [-0.4, -0.2) is 19.0 Å². The smallest absolute Gasteiger partial charge is 0.185 e. The fourth-order valence-corrected chi connectivity index (χ4v) is 6.30. The SMILES string of the molecule is CCCCCCCCCCCCCCCCCCOc1cccc(C(=O)/C=C/c2ccc(OCCCCCCCCCCCC)cc2)c1. The van der Waals surface area contributed by atoms with Gasteiger partial charge >= 0.3 is 0 Å². The Bertz CT molecular complexity index is 1040. The summed E-state index contributed by atoms with van der Waals surface area (Å²) < 4.78 is 11.9. The van der Waals surface area contributed by atoms with E-state index in [1.165, 1.54) is 154 Å². The van der Waals surface area contributed by atoms with Crippen molar-refractivity contribution in [2.45, 2.75) is 181 Å². The minimum Gasteiger partial charge on any atom is -0.494 e. The molecule has 0 aromatic heterocycles. The summed E-state index contributed by atoms with van der Waals surface area (Å²) in [5.41, 5.74) is 1.65. The van der Waals surface area contributed by atoms with Gasteiger partial charge in [0.05, 0.1) is 13.2 Å². The number of carbonyl (C=O) groups excluding carboxylic acids is 1. The van der Waals surface area contributed by atoms with E-state index in [-0.39, 0.29) is 5.78 Å². The van der Waals surface area contributed by atoms with Gasteiger partial charge in [-0.2, -0.15) is 0 Å². The van der Waals surface area contributed by atoms with Gasteiger partial charge in [0.2, 0.25) is 0 Å². The summed E-state index contributed by atoms with van der Waals surface area (Å²) in [4.78, 5) is 12.8.